The summed E-state index contributed by atoms with van der Waals surface area (Å²) in [5.74, 6) is 1.97. The van der Waals surface area contributed by atoms with Crippen molar-refractivity contribution in [3.8, 4) is 5.75 Å². The van der Waals surface area contributed by atoms with Gasteiger partial charge in [0, 0.05) is 18.4 Å². The molecule has 3 nitrogen and oxygen atoms in total. The normalized spacial score (nSPS) is 15.6. The maximum absolute atomic E-state index is 11.9. The monoisotopic (exact) mass is 260 g/mol. The van der Waals surface area contributed by atoms with Gasteiger partial charge in [-0.2, -0.15) is 0 Å². The lowest BCUT2D eigenvalue weighted by Gasteiger charge is -2.18. The lowest BCUT2D eigenvalue weighted by atomic mass is 9.91. The van der Waals surface area contributed by atoms with Gasteiger partial charge in [0.2, 0.25) is 0 Å². The number of hydrogen-bond acceptors (Lipinski definition) is 3. The Morgan fingerprint density at radius 1 is 1.11 bits per heavy atom. The molecule has 0 radical (unpaired) electrons. The van der Waals surface area contributed by atoms with Gasteiger partial charge < -0.3 is 9.47 Å². The molecule has 1 aliphatic carbocycles. The van der Waals surface area contributed by atoms with Crippen molar-refractivity contribution in [2.45, 2.75) is 32.1 Å². The number of aryl methyl sites for hydroxylation is 1. The molecule has 102 valence electrons. The summed E-state index contributed by atoms with van der Waals surface area (Å²) in [7, 11) is 3.31. The number of allylic oxidation sites excluding steroid dienone is 2. The van der Waals surface area contributed by atoms with Gasteiger partial charge in [0.05, 0.1) is 14.2 Å². The van der Waals surface area contributed by atoms with Crippen LogP contribution in [0.4, 0.5) is 0 Å². The number of ketones is 1. The highest BCUT2D eigenvalue weighted by Crippen LogP contribution is 2.26. The van der Waals surface area contributed by atoms with Gasteiger partial charge in [-0.15, -0.1) is 0 Å². The third-order valence-electron chi connectivity index (χ3n) is 3.53. The quantitative estimate of drug-likeness (QED) is 0.815. The molecule has 2 rings (SSSR count). The van der Waals surface area contributed by atoms with E-state index in [1.807, 2.05) is 18.2 Å². The smallest absolute Gasteiger partial charge is 0.162 e. The maximum Gasteiger partial charge on any atom is 0.162 e. The zero-order chi connectivity index (χ0) is 13.7. The van der Waals surface area contributed by atoms with Gasteiger partial charge in [0.1, 0.15) is 11.5 Å². The molecule has 0 fully saturated rings. The highest BCUT2D eigenvalue weighted by molar-refractivity contribution is 5.96. The molecule has 0 saturated carbocycles. The van der Waals surface area contributed by atoms with Crippen LogP contribution in [0.2, 0.25) is 0 Å². The van der Waals surface area contributed by atoms with E-state index in [1.165, 1.54) is 5.56 Å². The minimum Gasteiger partial charge on any atom is -0.501 e. The Labute approximate surface area is 114 Å². The molecular formula is C16H20O3. The first-order valence-corrected chi connectivity index (χ1v) is 6.66. The zero-order valence-corrected chi connectivity index (χ0v) is 11.6. The summed E-state index contributed by atoms with van der Waals surface area (Å²) >= 11 is 0. The average Bonchev–Trinajstić information content (AvgIpc) is 2.46. The van der Waals surface area contributed by atoms with Crippen molar-refractivity contribution in [2.75, 3.05) is 14.2 Å². The van der Waals surface area contributed by atoms with Gasteiger partial charge in [-0.3, -0.25) is 4.79 Å². The van der Waals surface area contributed by atoms with Gasteiger partial charge in [-0.1, -0.05) is 12.1 Å². The number of carbonyl (C=O) groups is 1. The summed E-state index contributed by atoms with van der Waals surface area (Å²) in [5.41, 5.74) is 2.05. The summed E-state index contributed by atoms with van der Waals surface area (Å²) in [6.45, 7) is 0. The zero-order valence-electron chi connectivity index (χ0n) is 11.6. The van der Waals surface area contributed by atoms with Crippen molar-refractivity contribution in [1.82, 2.24) is 0 Å². The summed E-state index contributed by atoms with van der Waals surface area (Å²) < 4.78 is 10.5. The van der Waals surface area contributed by atoms with Crippen molar-refractivity contribution in [1.29, 1.82) is 0 Å². The molecule has 0 bridgehead atoms. The van der Waals surface area contributed by atoms with E-state index in [-0.39, 0.29) is 5.78 Å². The fourth-order valence-corrected chi connectivity index (χ4v) is 2.47. The molecular weight excluding hydrogens is 240 g/mol. The first-order valence-electron chi connectivity index (χ1n) is 6.66. The molecule has 0 amide bonds. The summed E-state index contributed by atoms with van der Waals surface area (Å²) in [6.07, 6.45) is 4.03. The molecule has 0 N–H and O–H groups in total. The second kappa shape index (κ2) is 6.41. The van der Waals surface area contributed by atoms with Crippen LogP contribution >= 0.6 is 0 Å². The number of methoxy groups -OCH3 is 2. The second-order valence-electron chi connectivity index (χ2n) is 4.73. The lowest BCUT2D eigenvalue weighted by Crippen LogP contribution is -2.13. The van der Waals surface area contributed by atoms with Crippen molar-refractivity contribution < 1.29 is 14.3 Å². The minimum atomic E-state index is 0.242. The van der Waals surface area contributed by atoms with Crippen molar-refractivity contribution >= 4 is 5.78 Å². The fraction of sp³-hybridized carbons (Fsp3) is 0.438. The van der Waals surface area contributed by atoms with Gasteiger partial charge >= 0.3 is 0 Å². The van der Waals surface area contributed by atoms with E-state index in [1.54, 1.807) is 14.2 Å². The Morgan fingerprint density at radius 3 is 2.68 bits per heavy atom. The van der Waals surface area contributed by atoms with Crippen LogP contribution in [0.1, 0.15) is 31.2 Å². The van der Waals surface area contributed by atoms with E-state index in [9.17, 15) is 4.79 Å². The maximum atomic E-state index is 11.9. The second-order valence-corrected chi connectivity index (χ2v) is 4.73. The standard InChI is InChI=1S/C16H20O3/c1-18-13-6-3-5-12(11-13)9-10-14-15(17)7-4-8-16(14)19-2/h3,5-6,11H,4,7-10H2,1-2H3. The SMILES string of the molecule is COC1=C(CCc2cccc(OC)c2)C(=O)CCC1. The summed E-state index contributed by atoms with van der Waals surface area (Å²) in [6, 6.07) is 7.97. The Kier molecular flexibility index (Phi) is 4.61. The van der Waals surface area contributed by atoms with Crippen LogP contribution in [-0.2, 0) is 16.0 Å². The number of hydrogen-bond donors (Lipinski definition) is 0. The fourth-order valence-electron chi connectivity index (χ4n) is 2.47. The van der Waals surface area contributed by atoms with E-state index < -0.39 is 0 Å². The third-order valence-corrected chi connectivity index (χ3v) is 3.53. The number of carbonyl (C=O) groups excluding carboxylic acids is 1. The van der Waals surface area contributed by atoms with Gasteiger partial charge in [0.15, 0.2) is 5.78 Å². The predicted molar refractivity (Wildman–Crippen MR) is 74.2 cm³/mol. The molecule has 0 heterocycles. The van der Waals surface area contributed by atoms with Crippen LogP contribution < -0.4 is 4.74 Å². The molecule has 1 aromatic rings. The van der Waals surface area contributed by atoms with Crippen molar-refractivity contribution in [3.63, 3.8) is 0 Å². The van der Waals surface area contributed by atoms with Crippen LogP contribution in [0.5, 0.6) is 5.75 Å². The number of rotatable bonds is 5. The Hall–Kier alpha value is -1.77. The Morgan fingerprint density at radius 2 is 1.95 bits per heavy atom. The van der Waals surface area contributed by atoms with E-state index in [0.717, 1.165) is 42.8 Å². The van der Waals surface area contributed by atoms with Gasteiger partial charge in [0.25, 0.3) is 0 Å². The molecule has 0 spiro atoms. The average molecular weight is 260 g/mol. The molecule has 1 aromatic carbocycles. The van der Waals surface area contributed by atoms with E-state index in [2.05, 4.69) is 6.07 Å². The lowest BCUT2D eigenvalue weighted by molar-refractivity contribution is -0.116. The number of ether oxygens (including phenoxy) is 2. The first kappa shape index (κ1) is 13.7. The largest absolute Gasteiger partial charge is 0.501 e. The highest BCUT2D eigenvalue weighted by atomic mass is 16.5. The molecule has 0 saturated heterocycles. The van der Waals surface area contributed by atoms with Crippen LogP contribution in [0.15, 0.2) is 35.6 Å². The van der Waals surface area contributed by atoms with E-state index in [0.29, 0.717) is 6.42 Å². The minimum absolute atomic E-state index is 0.242. The van der Waals surface area contributed by atoms with Crippen LogP contribution in [0.25, 0.3) is 0 Å². The van der Waals surface area contributed by atoms with Crippen molar-refractivity contribution in [3.05, 3.63) is 41.2 Å². The van der Waals surface area contributed by atoms with E-state index in [4.69, 9.17) is 9.47 Å². The van der Waals surface area contributed by atoms with E-state index >= 15 is 0 Å². The highest BCUT2D eigenvalue weighted by Gasteiger charge is 2.20. The number of Topliss-reactive ketones (excluding diaryl/α,β-unsaturated/α-hetero) is 1. The summed E-state index contributed by atoms with van der Waals surface area (Å²) in [4.78, 5) is 11.9. The van der Waals surface area contributed by atoms with Crippen LogP contribution in [0, 0.1) is 0 Å². The Balaban J connectivity index is 2.08. The third kappa shape index (κ3) is 3.37. The molecule has 0 unspecified atom stereocenters. The van der Waals surface area contributed by atoms with Crippen LogP contribution in [0.3, 0.4) is 0 Å². The molecule has 0 aliphatic heterocycles. The molecule has 0 atom stereocenters. The van der Waals surface area contributed by atoms with Crippen LogP contribution in [-0.4, -0.2) is 20.0 Å². The number of benzene rings is 1. The Bertz CT molecular complexity index is 489. The van der Waals surface area contributed by atoms with Crippen molar-refractivity contribution in [2.24, 2.45) is 0 Å². The topological polar surface area (TPSA) is 35.5 Å². The molecule has 3 heteroatoms. The molecule has 0 aromatic heterocycles. The molecule has 1 aliphatic rings. The molecule has 19 heavy (non-hydrogen) atoms. The summed E-state index contributed by atoms with van der Waals surface area (Å²) in [5, 5.41) is 0. The first-order chi connectivity index (χ1) is 9.24. The predicted octanol–water partition coefficient (Wildman–Crippen LogP) is 3.28. The van der Waals surface area contributed by atoms with Gasteiger partial charge in [-0.25, -0.2) is 0 Å². The van der Waals surface area contributed by atoms with Gasteiger partial charge in [-0.05, 0) is 37.0 Å².